The van der Waals surface area contributed by atoms with E-state index in [4.69, 9.17) is 0 Å². The Morgan fingerprint density at radius 1 is 0.740 bits per heavy atom. The number of rotatable bonds is 5. The first-order valence-electron chi connectivity index (χ1n) is 17.3. The predicted octanol–water partition coefficient (Wildman–Crippen LogP) is 10.0. The number of allylic oxidation sites excluding steroid dienone is 3. The van der Waals surface area contributed by atoms with Crippen LogP contribution in [0.3, 0.4) is 0 Å². The molecule has 0 aromatic heterocycles. The molecule has 4 aliphatic rings. The van der Waals surface area contributed by atoms with E-state index in [-0.39, 0.29) is 33.5 Å². The van der Waals surface area contributed by atoms with Crippen molar-refractivity contribution in [3.63, 3.8) is 0 Å². The number of hydrogen-bond acceptors (Lipinski definition) is 4. The third-order valence-electron chi connectivity index (χ3n) is 11.3. The molecule has 0 radical (unpaired) electrons. The van der Waals surface area contributed by atoms with Crippen LogP contribution < -0.4 is 4.90 Å². The minimum Gasteiger partial charge on any atom is -0.478 e. The average Bonchev–Trinajstić information content (AvgIpc) is 3.84. The van der Waals surface area contributed by atoms with Gasteiger partial charge in [-0.3, -0.25) is 9.59 Å². The summed E-state index contributed by atoms with van der Waals surface area (Å²) >= 11 is 0. The van der Waals surface area contributed by atoms with Crippen molar-refractivity contribution in [2.45, 2.75) is 50.5 Å². The fraction of sp³-hybridized carbons (Fsp3) is 0.178. The largest absolute Gasteiger partial charge is 0.478 e. The van der Waals surface area contributed by atoms with E-state index in [2.05, 4.69) is 85.5 Å². The highest BCUT2D eigenvalue weighted by molar-refractivity contribution is 6.40. The fourth-order valence-corrected chi connectivity index (χ4v) is 8.92. The number of hydrogen-bond donors (Lipinski definition) is 1. The van der Waals surface area contributed by atoms with Crippen LogP contribution in [0, 0.1) is 0 Å². The van der Waals surface area contributed by atoms with Crippen molar-refractivity contribution < 1.29 is 19.5 Å². The molecule has 0 saturated heterocycles. The minimum absolute atomic E-state index is 0.0177. The molecule has 5 heteroatoms. The summed E-state index contributed by atoms with van der Waals surface area (Å²) in [5.74, 6) is -1.55. The van der Waals surface area contributed by atoms with Crippen molar-refractivity contribution in [1.29, 1.82) is 0 Å². The Bertz CT molecular complexity index is 2360. The number of carboxylic acid groups (broad SMARTS) is 1. The van der Waals surface area contributed by atoms with Crippen molar-refractivity contribution >= 4 is 40.6 Å². The molecule has 1 saturated carbocycles. The van der Waals surface area contributed by atoms with Crippen LogP contribution in [-0.2, 0) is 5.41 Å². The SMILES string of the molecule is CC1(C)c2ccccc2-c2cc(N3c4ccc(/C=C(/C=C5\C(=O)c6ccc(C(=O)O)cc6C5=O)c5ccccc5)cc4C4CCCC43)ccc21. The number of anilines is 2. The molecule has 5 nitrogen and oxygen atoms in total. The maximum Gasteiger partial charge on any atom is 0.335 e. The number of carboxylic acids is 1. The quantitative estimate of drug-likeness (QED) is 0.116. The number of nitrogens with zero attached hydrogens (tertiary/aromatic N) is 1. The molecular weight excluding hydrogens is 618 g/mol. The molecule has 0 spiro atoms. The fourth-order valence-electron chi connectivity index (χ4n) is 8.92. The third kappa shape index (κ3) is 4.50. The first kappa shape index (κ1) is 30.3. The molecule has 2 unspecified atom stereocenters. The number of aromatic carboxylic acids is 1. The summed E-state index contributed by atoms with van der Waals surface area (Å²) in [5.41, 5.74) is 12.2. The van der Waals surface area contributed by atoms with E-state index in [9.17, 15) is 19.5 Å². The lowest BCUT2D eigenvalue weighted by Gasteiger charge is -2.28. The molecule has 1 heterocycles. The molecule has 1 N–H and O–H groups in total. The van der Waals surface area contributed by atoms with E-state index in [1.807, 2.05) is 30.3 Å². The molecule has 5 aromatic carbocycles. The van der Waals surface area contributed by atoms with Gasteiger partial charge in [0.25, 0.3) is 0 Å². The Kier molecular flexibility index (Phi) is 6.72. The Hall–Kier alpha value is -5.81. The van der Waals surface area contributed by atoms with Crippen LogP contribution in [-0.4, -0.2) is 28.7 Å². The van der Waals surface area contributed by atoms with Crippen LogP contribution in [0.2, 0.25) is 0 Å². The van der Waals surface area contributed by atoms with Crippen LogP contribution in [0.4, 0.5) is 11.4 Å². The van der Waals surface area contributed by atoms with E-state index in [1.165, 1.54) is 63.8 Å². The zero-order valence-electron chi connectivity index (χ0n) is 27.9. The number of carbonyl (C=O) groups excluding carboxylic acids is 2. The molecule has 244 valence electrons. The lowest BCUT2D eigenvalue weighted by molar-refractivity contribution is 0.0696. The van der Waals surface area contributed by atoms with Crippen molar-refractivity contribution in [1.82, 2.24) is 0 Å². The van der Waals surface area contributed by atoms with Gasteiger partial charge in [-0.15, -0.1) is 0 Å². The van der Waals surface area contributed by atoms with Crippen LogP contribution in [0.25, 0.3) is 22.8 Å². The monoisotopic (exact) mass is 653 g/mol. The van der Waals surface area contributed by atoms with E-state index in [0.717, 1.165) is 29.5 Å². The summed E-state index contributed by atoms with van der Waals surface area (Å²) in [6, 6.07) is 36.7. The smallest absolute Gasteiger partial charge is 0.335 e. The van der Waals surface area contributed by atoms with Gasteiger partial charge in [-0.05, 0) is 112 Å². The van der Waals surface area contributed by atoms with E-state index in [0.29, 0.717) is 12.0 Å². The molecule has 1 aliphatic heterocycles. The van der Waals surface area contributed by atoms with Crippen molar-refractivity contribution in [3.8, 4) is 11.1 Å². The number of ketones is 2. The first-order valence-corrected chi connectivity index (χ1v) is 17.3. The highest BCUT2D eigenvalue weighted by atomic mass is 16.4. The van der Waals surface area contributed by atoms with Crippen LogP contribution in [0.1, 0.15) is 97.9 Å². The molecule has 0 bridgehead atoms. The zero-order chi connectivity index (χ0) is 34.3. The molecule has 50 heavy (non-hydrogen) atoms. The Morgan fingerprint density at radius 3 is 2.32 bits per heavy atom. The lowest BCUT2D eigenvalue weighted by atomic mass is 9.82. The van der Waals surface area contributed by atoms with Gasteiger partial charge in [0, 0.05) is 39.9 Å². The molecule has 5 aromatic rings. The zero-order valence-corrected chi connectivity index (χ0v) is 27.9. The van der Waals surface area contributed by atoms with Gasteiger partial charge in [0.15, 0.2) is 11.6 Å². The predicted molar refractivity (Wildman–Crippen MR) is 197 cm³/mol. The van der Waals surface area contributed by atoms with Gasteiger partial charge < -0.3 is 10.0 Å². The van der Waals surface area contributed by atoms with Gasteiger partial charge in [0.1, 0.15) is 0 Å². The Morgan fingerprint density at radius 2 is 1.50 bits per heavy atom. The van der Waals surface area contributed by atoms with Gasteiger partial charge in [-0.25, -0.2) is 4.79 Å². The summed E-state index contributed by atoms with van der Waals surface area (Å²) in [6.45, 7) is 4.63. The molecule has 9 rings (SSSR count). The van der Waals surface area contributed by atoms with E-state index in [1.54, 1.807) is 6.08 Å². The first-order chi connectivity index (χ1) is 24.2. The number of benzene rings is 5. The molecule has 0 amide bonds. The van der Waals surface area contributed by atoms with Crippen molar-refractivity contribution in [2.24, 2.45) is 0 Å². The van der Waals surface area contributed by atoms with Crippen molar-refractivity contribution in [2.75, 3.05) is 4.90 Å². The standard InChI is InChI=1S/C45H35NO4/c1-45(2)38-13-7-6-11-31(38)34-25-30(17-19-39(34)45)46-40-14-8-12-32(40)35-22-26(15-20-41(35)46)21-29(27-9-4-3-5-10-27)24-37-42(47)33-18-16-28(44(49)50)23-36(33)43(37)48/h3-7,9-11,13,15-25,32,40H,8,12,14H2,1-2H3,(H,49,50)/b29-21-,37-24+. The van der Waals surface area contributed by atoms with Gasteiger partial charge in [-0.1, -0.05) is 87.0 Å². The topological polar surface area (TPSA) is 74.7 Å². The Balaban J connectivity index is 1.12. The minimum atomic E-state index is -1.14. The van der Waals surface area contributed by atoms with Gasteiger partial charge >= 0.3 is 5.97 Å². The normalized spacial score (nSPS) is 20.5. The number of Topliss-reactive ketones (excluding diaryl/α,β-unsaturated/α-hetero) is 2. The third-order valence-corrected chi connectivity index (χ3v) is 11.3. The van der Waals surface area contributed by atoms with E-state index < -0.39 is 11.8 Å². The van der Waals surface area contributed by atoms with Crippen molar-refractivity contribution in [3.05, 3.63) is 165 Å². The maximum atomic E-state index is 13.5. The maximum absolute atomic E-state index is 13.5. The lowest BCUT2D eigenvalue weighted by Crippen LogP contribution is -2.26. The summed E-state index contributed by atoms with van der Waals surface area (Å²) in [6.07, 6.45) is 7.18. The second kappa shape index (κ2) is 11.1. The second-order valence-corrected chi connectivity index (χ2v) is 14.4. The van der Waals surface area contributed by atoms with Gasteiger partial charge in [0.05, 0.1) is 11.1 Å². The summed E-state index contributed by atoms with van der Waals surface area (Å²) in [5, 5.41) is 9.47. The summed E-state index contributed by atoms with van der Waals surface area (Å²) < 4.78 is 0. The van der Waals surface area contributed by atoms with Crippen LogP contribution in [0.15, 0.2) is 121 Å². The highest BCUT2D eigenvalue weighted by Gasteiger charge is 2.43. The van der Waals surface area contributed by atoms with E-state index >= 15 is 0 Å². The van der Waals surface area contributed by atoms with Crippen LogP contribution >= 0.6 is 0 Å². The van der Waals surface area contributed by atoms with Gasteiger partial charge in [-0.2, -0.15) is 0 Å². The number of carbonyl (C=O) groups is 3. The molecule has 1 fully saturated rings. The number of fused-ring (bicyclic) bond motifs is 7. The summed E-state index contributed by atoms with van der Waals surface area (Å²) in [7, 11) is 0. The van der Waals surface area contributed by atoms with Gasteiger partial charge in [0.2, 0.25) is 0 Å². The summed E-state index contributed by atoms with van der Waals surface area (Å²) in [4.78, 5) is 41.1. The van der Waals surface area contributed by atoms with Crippen LogP contribution in [0.5, 0.6) is 0 Å². The molecule has 2 atom stereocenters. The molecular formula is C45H35NO4. The second-order valence-electron chi connectivity index (χ2n) is 14.4. The average molecular weight is 654 g/mol. The Labute approximate surface area is 291 Å². The highest BCUT2D eigenvalue weighted by Crippen LogP contribution is 2.55. The molecule has 3 aliphatic carbocycles.